The Labute approximate surface area is 113 Å². The summed E-state index contributed by atoms with van der Waals surface area (Å²) >= 11 is 0. The Morgan fingerprint density at radius 3 is 2.63 bits per heavy atom. The van der Waals surface area contributed by atoms with Crippen LogP contribution in [0.25, 0.3) is 0 Å². The number of nitrogens with one attached hydrogen (secondary N) is 1. The SMILES string of the molecule is COc1cccc(C(=O)C(=O)NC2CCCCC2)c1. The van der Waals surface area contributed by atoms with Gasteiger partial charge in [-0.2, -0.15) is 0 Å². The molecule has 4 heteroatoms. The third-order valence-corrected chi connectivity index (χ3v) is 3.48. The number of benzene rings is 1. The predicted molar refractivity (Wildman–Crippen MR) is 72.3 cm³/mol. The van der Waals surface area contributed by atoms with Crippen molar-refractivity contribution in [1.82, 2.24) is 5.32 Å². The van der Waals surface area contributed by atoms with Crippen LogP contribution in [0.4, 0.5) is 0 Å². The molecule has 2 rings (SSSR count). The molecule has 1 N–H and O–H groups in total. The molecule has 0 unspecified atom stereocenters. The number of carbonyl (C=O) groups is 2. The largest absolute Gasteiger partial charge is 0.497 e. The summed E-state index contributed by atoms with van der Waals surface area (Å²) in [4.78, 5) is 23.9. The molecule has 1 saturated carbocycles. The molecule has 0 aliphatic heterocycles. The van der Waals surface area contributed by atoms with Gasteiger partial charge in [0.25, 0.3) is 5.91 Å². The van der Waals surface area contributed by atoms with E-state index in [1.165, 1.54) is 13.5 Å². The second-order valence-corrected chi connectivity index (χ2v) is 4.87. The van der Waals surface area contributed by atoms with E-state index in [0.29, 0.717) is 11.3 Å². The minimum atomic E-state index is -0.514. The van der Waals surface area contributed by atoms with Crippen molar-refractivity contribution in [2.45, 2.75) is 38.1 Å². The smallest absolute Gasteiger partial charge is 0.292 e. The highest BCUT2D eigenvalue weighted by Gasteiger charge is 2.21. The van der Waals surface area contributed by atoms with E-state index >= 15 is 0 Å². The Kier molecular flexibility index (Phi) is 4.55. The van der Waals surface area contributed by atoms with E-state index in [0.717, 1.165) is 25.7 Å². The average molecular weight is 261 g/mol. The van der Waals surface area contributed by atoms with Crippen molar-refractivity contribution in [3.05, 3.63) is 29.8 Å². The molecule has 102 valence electrons. The van der Waals surface area contributed by atoms with Crippen molar-refractivity contribution in [2.24, 2.45) is 0 Å². The lowest BCUT2D eigenvalue weighted by Crippen LogP contribution is -2.40. The van der Waals surface area contributed by atoms with Gasteiger partial charge < -0.3 is 10.1 Å². The number of Topliss-reactive ketones (excluding diaryl/α,β-unsaturated/α-hetero) is 1. The van der Waals surface area contributed by atoms with E-state index in [-0.39, 0.29) is 6.04 Å². The molecule has 0 heterocycles. The van der Waals surface area contributed by atoms with Gasteiger partial charge in [0.15, 0.2) is 0 Å². The van der Waals surface area contributed by atoms with Crippen LogP contribution < -0.4 is 10.1 Å². The predicted octanol–water partition coefficient (Wildman–Crippen LogP) is 2.33. The summed E-state index contributed by atoms with van der Waals surface area (Å²) in [6.45, 7) is 0. The summed E-state index contributed by atoms with van der Waals surface area (Å²) in [5.41, 5.74) is 0.368. The highest BCUT2D eigenvalue weighted by molar-refractivity contribution is 6.42. The number of amides is 1. The number of ether oxygens (including phenoxy) is 1. The Bertz CT molecular complexity index is 464. The van der Waals surface area contributed by atoms with Gasteiger partial charge in [0.1, 0.15) is 5.75 Å². The van der Waals surface area contributed by atoms with E-state index < -0.39 is 11.7 Å². The van der Waals surface area contributed by atoms with Gasteiger partial charge in [-0.05, 0) is 25.0 Å². The zero-order valence-electron chi connectivity index (χ0n) is 11.1. The van der Waals surface area contributed by atoms with Crippen LogP contribution in [0.3, 0.4) is 0 Å². The molecule has 0 saturated heterocycles. The van der Waals surface area contributed by atoms with Crippen LogP contribution in [0.15, 0.2) is 24.3 Å². The molecular weight excluding hydrogens is 242 g/mol. The lowest BCUT2D eigenvalue weighted by molar-refractivity contribution is -0.117. The summed E-state index contributed by atoms with van der Waals surface area (Å²) in [5, 5.41) is 2.83. The van der Waals surface area contributed by atoms with Gasteiger partial charge in [-0.3, -0.25) is 9.59 Å². The molecule has 19 heavy (non-hydrogen) atoms. The van der Waals surface area contributed by atoms with Crippen LogP contribution in [-0.4, -0.2) is 24.8 Å². The average Bonchev–Trinajstić information content (AvgIpc) is 2.47. The lowest BCUT2D eigenvalue weighted by Gasteiger charge is -2.22. The van der Waals surface area contributed by atoms with E-state index in [1.54, 1.807) is 24.3 Å². The van der Waals surface area contributed by atoms with Crippen molar-refractivity contribution in [3.8, 4) is 5.75 Å². The first-order valence-corrected chi connectivity index (χ1v) is 6.70. The number of hydrogen-bond acceptors (Lipinski definition) is 3. The Balaban J connectivity index is 1.99. The molecule has 1 aliphatic carbocycles. The van der Waals surface area contributed by atoms with Crippen molar-refractivity contribution >= 4 is 11.7 Å². The number of rotatable bonds is 4. The van der Waals surface area contributed by atoms with Gasteiger partial charge in [0, 0.05) is 11.6 Å². The Hall–Kier alpha value is -1.84. The maximum atomic E-state index is 12.0. The molecule has 1 fully saturated rings. The van der Waals surface area contributed by atoms with Gasteiger partial charge in [-0.15, -0.1) is 0 Å². The van der Waals surface area contributed by atoms with Crippen molar-refractivity contribution in [1.29, 1.82) is 0 Å². The molecule has 1 aliphatic rings. The Morgan fingerprint density at radius 1 is 1.21 bits per heavy atom. The summed E-state index contributed by atoms with van der Waals surface area (Å²) in [7, 11) is 1.53. The van der Waals surface area contributed by atoms with Gasteiger partial charge in [-0.25, -0.2) is 0 Å². The molecule has 0 aromatic heterocycles. The standard InChI is InChI=1S/C15H19NO3/c1-19-13-9-5-6-11(10-13)14(17)15(18)16-12-7-3-2-4-8-12/h5-6,9-10,12H,2-4,7-8H2,1H3,(H,16,18). The third kappa shape index (κ3) is 3.56. The number of hydrogen-bond donors (Lipinski definition) is 1. The number of methoxy groups -OCH3 is 1. The molecule has 4 nitrogen and oxygen atoms in total. The summed E-state index contributed by atoms with van der Waals surface area (Å²) < 4.78 is 5.05. The number of ketones is 1. The minimum Gasteiger partial charge on any atom is -0.497 e. The molecule has 0 spiro atoms. The first-order chi connectivity index (χ1) is 9.20. The molecule has 0 bridgehead atoms. The molecule has 0 atom stereocenters. The van der Waals surface area contributed by atoms with Crippen molar-refractivity contribution in [2.75, 3.05) is 7.11 Å². The quantitative estimate of drug-likeness (QED) is 0.668. The second-order valence-electron chi connectivity index (χ2n) is 4.87. The van der Waals surface area contributed by atoms with Crippen LogP contribution in [-0.2, 0) is 4.79 Å². The van der Waals surface area contributed by atoms with E-state index in [9.17, 15) is 9.59 Å². The van der Waals surface area contributed by atoms with Crippen molar-refractivity contribution in [3.63, 3.8) is 0 Å². The topological polar surface area (TPSA) is 55.4 Å². The minimum absolute atomic E-state index is 0.149. The summed E-state index contributed by atoms with van der Waals surface area (Å²) in [5.74, 6) is -0.430. The second kappa shape index (κ2) is 6.36. The molecule has 0 radical (unpaired) electrons. The van der Waals surface area contributed by atoms with E-state index in [1.807, 2.05) is 0 Å². The first-order valence-electron chi connectivity index (χ1n) is 6.70. The fourth-order valence-electron chi connectivity index (χ4n) is 2.39. The fourth-order valence-corrected chi connectivity index (χ4v) is 2.39. The van der Waals surface area contributed by atoms with Crippen LogP contribution in [0, 0.1) is 0 Å². The van der Waals surface area contributed by atoms with E-state index in [4.69, 9.17) is 4.74 Å². The van der Waals surface area contributed by atoms with Crippen LogP contribution >= 0.6 is 0 Å². The van der Waals surface area contributed by atoms with Gasteiger partial charge in [-0.1, -0.05) is 31.4 Å². The zero-order valence-corrected chi connectivity index (χ0v) is 11.1. The summed E-state index contributed by atoms with van der Waals surface area (Å²) in [6.07, 6.45) is 5.40. The molecule has 1 amide bonds. The molecule has 1 aromatic carbocycles. The van der Waals surface area contributed by atoms with Gasteiger partial charge in [0.2, 0.25) is 5.78 Å². The summed E-state index contributed by atoms with van der Waals surface area (Å²) in [6, 6.07) is 6.82. The zero-order chi connectivity index (χ0) is 13.7. The lowest BCUT2D eigenvalue weighted by atomic mass is 9.95. The van der Waals surface area contributed by atoms with Crippen LogP contribution in [0.2, 0.25) is 0 Å². The maximum Gasteiger partial charge on any atom is 0.292 e. The number of carbonyl (C=O) groups excluding carboxylic acids is 2. The maximum absolute atomic E-state index is 12.0. The fraction of sp³-hybridized carbons (Fsp3) is 0.467. The molecular formula is C15H19NO3. The van der Waals surface area contributed by atoms with Crippen LogP contribution in [0.1, 0.15) is 42.5 Å². The molecule has 1 aromatic rings. The van der Waals surface area contributed by atoms with Crippen molar-refractivity contribution < 1.29 is 14.3 Å². The van der Waals surface area contributed by atoms with Gasteiger partial charge >= 0.3 is 0 Å². The first kappa shape index (κ1) is 13.6. The van der Waals surface area contributed by atoms with E-state index in [2.05, 4.69) is 5.32 Å². The normalized spacial score (nSPS) is 15.8. The monoisotopic (exact) mass is 261 g/mol. The highest BCUT2D eigenvalue weighted by Crippen LogP contribution is 2.18. The third-order valence-electron chi connectivity index (χ3n) is 3.48. The highest BCUT2D eigenvalue weighted by atomic mass is 16.5. The Morgan fingerprint density at radius 2 is 1.95 bits per heavy atom. The van der Waals surface area contributed by atoms with Crippen LogP contribution in [0.5, 0.6) is 5.75 Å². The van der Waals surface area contributed by atoms with Gasteiger partial charge in [0.05, 0.1) is 7.11 Å².